The minimum absolute atomic E-state index is 1.23. The van der Waals surface area contributed by atoms with Gasteiger partial charge in [-0.05, 0) is 83.9 Å². The zero-order valence-corrected chi connectivity index (χ0v) is 26.0. The second-order valence-electron chi connectivity index (χ2n) is 9.38. The van der Waals surface area contributed by atoms with Crippen LogP contribution in [-0.4, -0.2) is 0 Å². The lowest BCUT2D eigenvalue weighted by atomic mass is 10.2. The third-order valence-corrected chi connectivity index (χ3v) is 12.7. The van der Waals surface area contributed by atoms with Gasteiger partial charge in [-0.1, -0.05) is 72.8 Å². The highest BCUT2D eigenvalue weighted by Gasteiger charge is 2.12. The van der Waals surface area contributed by atoms with Crippen molar-refractivity contribution in [3.05, 3.63) is 142 Å². The van der Waals surface area contributed by atoms with E-state index < -0.39 is 0 Å². The van der Waals surface area contributed by atoms with Crippen molar-refractivity contribution in [2.24, 2.45) is 0 Å². The van der Waals surface area contributed by atoms with Gasteiger partial charge in [0, 0.05) is 48.8 Å². The fraction of sp³-hybridized carbons (Fsp3) is 0. The average molecular weight is 617 g/mol. The summed E-state index contributed by atoms with van der Waals surface area (Å²) in [5, 5.41) is 0. The van der Waals surface area contributed by atoms with Crippen LogP contribution in [0.1, 0.15) is 20.9 Å². The maximum atomic E-state index is 2.27. The average Bonchev–Trinajstić information content (AvgIpc) is 3.85. The molecule has 7 aromatic rings. The SMILES string of the molecule is C(=C\c1ccc(-c2ccc(-c3ccc(-c4ccc(-c5ccc(/C=C/c6ccccc6)s5)s4)s3)s2)s1)/c1ccccc1. The molecule has 0 aliphatic heterocycles. The van der Waals surface area contributed by atoms with Gasteiger partial charge in [0.15, 0.2) is 0 Å². The third kappa shape index (κ3) is 6.20. The summed E-state index contributed by atoms with van der Waals surface area (Å²) in [6.07, 6.45) is 8.77. The molecule has 2 aromatic carbocycles. The monoisotopic (exact) mass is 616 g/mol. The minimum Gasteiger partial charge on any atom is -0.135 e. The highest BCUT2D eigenvalue weighted by molar-refractivity contribution is 7.29. The first-order chi connectivity index (χ1) is 20.3. The van der Waals surface area contributed by atoms with Crippen molar-refractivity contribution in [3.8, 4) is 39.0 Å². The van der Waals surface area contributed by atoms with E-state index in [-0.39, 0.29) is 0 Å². The van der Waals surface area contributed by atoms with Crippen molar-refractivity contribution in [2.75, 3.05) is 0 Å². The normalized spacial score (nSPS) is 11.7. The molecule has 41 heavy (non-hydrogen) atoms. The zero-order valence-electron chi connectivity index (χ0n) is 21.9. The van der Waals surface area contributed by atoms with E-state index in [0.717, 1.165) is 0 Å². The second kappa shape index (κ2) is 12.1. The Morgan fingerprint density at radius 1 is 0.268 bits per heavy atom. The first-order valence-corrected chi connectivity index (χ1v) is 17.3. The fourth-order valence-corrected chi connectivity index (χ4v) is 9.64. The van der Waals surface area contributed by atoms with Crippen LogP contribution in [0.2, 0.25) is 0 Å². The number of hydrogen-bond acceptors (Lipinski definition) is 5. The summed E-state index contributed by atoms with van der Waals surface area (Å²) in [5.74, 6) is 0. The standard InChI is InChI=1S/C36H24S5/c1-3-7-25(8-4-1)11-13-27-15-17-29(37-27)31-19-21-33(39-31)35-23-24-36(41-35)34-22-20-32(40-34)30-18-16-28(38-30)14-12-26-9-5-2-6-10-26/h1-24H/b13-11+,14-12+. The maximum Gasteiger partial charge on any atom is 0.0449 e. The molecule has 5 heteroatoms. The smallest absolute Gasteiger partial charge is 0.0449 e. The van der Waals surface area contributed by atoms with E-state index in [9.17, 15) is 0 Å². The number of hydrogen-bond donors (Lipinski definition) is 0. The lowest BCUT2D eigenvalue weighted by Gasteiger charge is -1.93. The summed E-state index contributed by atoms with van der Waals surface area (Å²) in [5.41, 5.74) is 2.45. The molecule has 0 unspecified atom stereocenters. The largest absolute Gasteiger partial charge is 0.135 e. The van der Waals surface area contributed by atoms with Gasteiger partial charge in [-0.2, -0.15) is 0 Å². The van der Waals surface area contributed by atoms with Crippen LogP contribution in [0.4, 0.5) is 0 Å². The van der Waals surface area contributed by atoms with Gasteiger partial charge >= 0.3 is 0 Å². The van der Waals surface area contributed by atoms with Crippen LogP contribution >= 0.6 is 56.7 Å². The number of rotatable bonds is 8. The van der Waals surface area contributed by atoms with E-state index in [0.29, 0.717) is 0 Å². The molecule has 0 aliphatic rings. The minimum atomic E-state index is 1.23. The Hall–Kier alpha value is -3.58. The maximum absolute atomic E-state index is 2.27. The van der Waals surface area contributed by atoms with Crippen LogP contribution in [0.25, 0.3) is 63.3 Å². The van der Waals surface area contributed by atoms with Crippen LogP contribution < -0.4 is 0 Å². The van der Waals surface area contributed by atoms with E-state index in [1.807, 2.05) is 56.7 Å². The fourth-order valence-electron chi connectivity index (χ4n) is 4.44. The van der Waals surface area contributed by atoms with Gasteiger partial charge in [0.25, 0.3) is 0 Å². The zero-order chi connectivity index (χ0) is 27.4. The molecule has 0 fully saturated rings. The summed E-state index contributed by atoms with van der Waals surface area (Å²) in [4.78, 5) is 13.2. The van der Waals surface area contributed by atoms with Gasteiger partial charge in [0.2, 0.25) is 0 Å². The van der Waals surface area contributed by atoms with Crippen molar-refractivity contribution in [2.45, 2.75) is 0 Å². The van der Waals surface area contributed by atoms with Crippen molar-refractivity contribution >= 4 is 81.0 Å². The van der Waals surface area contributed by atoms with Gasteiger partial charge in [-0.15, -0.1) is 56.7 Å². The topological polar surface area (TPSA) is 0 Å². The van der Waals surface area contributed by atoms with Crippen LogP contribution in [0.3, 0.4) is 0 Å². The van der Waals surface area contributed by atoms with Gasteiger partial charge < -0.3 is 0 Å². The van der Waals surface area contributed by atoms with Crippen molar-refractivity contribution < 1.29 is 0 Å². The molecule has 5 aromatic heterocycles. The molecule has 0 saturated heterocycles. The lowest BCUT2D eigenvalue weighted by Crippen LogP contribution is -1.67. The Balaban J connectivity index is 1.04. The predicted octanol–water partition coefficient (Wildman–Crippen LogP) is 13.0. The quantitative estimate of drug-likeness (QED) is 0.159. The highest BCUT2D eigenvalue weighted by Crippen LogP contribution is 2.44. The Bertz CT molecular complexity index is 1800. The Morgan fingerprint density at radius 3 is 0.902 bits per heavy atom. The molecule has 0 radical (unpaired) electrons. The highest BCUT2D eigenvalue weighted by atomic mass is 32.1. The first-order valence-electron chi connectivity index (χ1n) is 13.2. The molecule has 0 N–H and O–H groups in total. The number of benzene rings is 2. The molecule has 7 rings (SSSR count). The molecule has 0 amide bonds. The predicted molar refractivity (Wildman–Crippen MR) is 188 cm³/mol. The second-order valence-corrected chi connectivity index (χ2v) is 14.9. The van der Waals surface area contributed by atoms with Crippen molar-refractivity contribution in [3.63, 3.8) is 0 Å². The van der Waals surface area contributed by atoms with Gasteiger partial charge in [0.05, 0.1) is 0 Å². The first kappa shape index (κ1) is 26.3. The summed E-state index contributed by atoms with van der Waals surface area (Å²) in [7, 11) is 0. The van der Waals surface area contributed by atoms with Gasteiger partial charge in [0.1, 0.15) is 0 Å². The molecule has 0 spiro atoms. The summed E-state index contributed by atoms with van der Waals surface area (Å²) < 4.78 is 0. The van der Waals surface area contributed by atoms with Crippen LogP contribution in [0, 0.1) is 0 Å². The molecule has 198 valence electrons. The lowest BCUT2D eigenvalue weighted by molar-refractivity contribution is 1.67. The van der Waals surface area contributed by atoms with Gasteiger partial charge in [-0.3, -0.25) is 0 Å². The van der Waals surface area contributed by atoms with Crippen molar-refractivity contribution in [1.29, 1.82) is 0 Å². The Kier molecular flexibility index (Phi) is 7.78. The van der Waals surface area contributed by atoms with Crippen LogP contribution in [0.15, 0.2) is 121 Å². The van der Waals surface area contributed by atoms with Crippen LogP contribution in [0.5, 0.6) is 0 Å². The molecule has 0 bridgehead atoms. The summed E-state index contributed by atoms with van der Waals surface area (Å²) in [6, 6.07) is 43.5. The summed E-state index contributed by atoms with van der Waals surface area (Å²) >= 11 is 9.33. The molecule has 0 aliphatic carbocycles. The van der Waals surface area contributed by atoms with Gasteiger partial charge in [-0.25, -0.2) is 0 Å². The molecule has 5 heterocycles. The molecule has 0 nitrogen and oxygen atoms in total. The third-order valence-electron chi connectivity index (χ3n) is 6.52. The Labute approximate surface area is 260 Å². The van der Waals surface area contributed by atoms with E-state index in [2.05, 4.69) is 146 Å². The van der Waals surface area contributed by atoms with Crippen LogP contribution in [-0.2, 0) is 0 Å². The van der Waals surface area contributed by atoms with E-state index in [1.54, 1.807) is 0 Å². The van der Waals surface area contributed by atoms with E-state index in [4.69, 9.17) is 0 Å². The molecular weight excluding hydrogens is 593 g/mol. The van der Waals surface area contributed by atoms with E-state index >= 15 is 0 Å². The van der Waals surface area contributed by atoms with E-state index in [1.165, 1.54) is 59.9 Å². The Morgan fingerprint density at radius 2 is 0.561 bits per heavy atom. The molecule has 0 atom stereocenters. The molecule has 0 saturated carbocycles. The van der Waals surface area contributed by atoms with Crippen molar-refractivity contribution in [1.82, 2.24) is 0 Å². The number of thiophene rings is 5. The molecular formula is C36H24S5. The summed E-state index contributed by atoms with van der Waals surface area (Å²) in [6.45, 7) is 0.